The van der Waals surface area contributed by atoms with E-state index in [1.165, 1.54) is 4.90 Å². The van der Waals surface area contributed by atoms with Gasteiger partial charge in [-0.3, -0.25) is 14.5 Å². The summed E-state index contributed by atoms with van der Waals surface area (Å²) in [5.41, 5.74) is 0.0829. The highest BCUT2D eigenvalue weighted by atomic mass is 16.2. The van der Waals surface area contributed by atoms with Crippen molar-refractivity contribution in [3.8, 4) is 0 Å². The van der Waals surface area contributed by atoms with Crippen LogP contribution in [0.4, 0.5) is 0 Å². The molecule has 1 aliphatic heterocycles. The quantitative estimate of drug-likeness (QED) is 0.630. The molecule has 0 saturated carbocycles. The Balaban J connectivity index is 1.99. The fraction of sp³-hybridized carbons (Fsp3) is 0.300. The molecule has 23 heavy (non-hydrogen) atoms. The van der Waals surface area contributed by atoms with E-state index in [-0.39, 0.29) is 11.8 Å². The number of nitrogens with zero attached hydrogens (tertiary/aromatic N) is 1. The van der Waals surface area contributed by atoms with Crippen LogP contribution in [0.1, 0.15) is 36.5 Å². The van der Waals surface area contributed by atoms with Crippen molar-refractivity contribution in [3.05, 3.63) is 60.7 Å². The summed E-state index contributed by atoms with van der Waals surface area (Å²) in [6.45, 7) is 6.17. The van der Waals surface area contributed by atoms with E-state index in [0.29, 0.717) is 18.5 Å². The molecule has 1 atom stereocenters. The van der Waals surface area contributed by atoms with Crippen LogP contribution in [0.3, 0.4) is 0 Å². The van der Waals surface area contributed by atoms with Crippen LogP contribution in [-0.2, 0) is 4.79 Å². The summed E-state index contributed by atoms with van der Waals surface area (Å²) < 4.78 is 0. The molecule has 0 aliphatic carbocycles. The molecular formula is C20H21NO2. The van der Waals surface area contributed by atoms with Gasteiger partial charge in [0.2, 0.25) is 5.91 Å². The number of imide groups is 1. The van der Waals surface area contributed by atoms with Crippen LogP contribution in [0.5, 0.6) is 0 Å². The minimum atomic E-state index is -0.514. The Hall–Kier alpha value is -2.42. The van der Waals surface area contributed by atoms with Gasteiger partial charge < -0.3 is 0 Å². The number of hydrogen-bond donors (Lipinski definition) is 0. The zero-order valence-corrected chi connectivity index (χ0v) is 13.4. The maximum Gasteiger partial charge on any atom is 0.261 e. The number of piperidine rings is 1. The Labute approximate surface area is 136 Å². The summed E-state index contributed by atoms with van der Waals surface area (Å²) in [5.74, 6) is -0.275. The van der Waals surface area contributed by atoms with Gasteiger partial charge in [-0.05, 0) is 36.1 Å². The van der Waals surface area contributed by atoms with E-state index in [1.54, 1.807) is 12.1 Å². The summed E-state index contributed by atoms with van der Waals surface area (Å²) in [5, 5.41) is 1.90. The molecule has 3 nitrogen and oxygen atoms in total. The number of amides is 2. The normalized spacial score (nSPS) is 21.4. The van der Waals surface area contributed by atoms with Crippen LogP contribution in [0.25, 0.3) is 10.8 Å². The van der Waals surface area contributed by atoms with Crippen LogP contribution in [0.2, 0.25) is 0 Å². The fourth-order valence-corrected chi connectivity index (χ4v) is 3.42. The standard InChI is InChI=1S/C20H21NO2/c1-3-12-20(2)13-7-14-21(19(20)23)18(22)17-11-6-9-15-8-4-5-10-16(15)17/h3-6,8-11H,1,7,12-14H2,2H3/t20-/m0/s1. The second-order valence-corrected chi connectivity index (χ2v) is 6.45. The number of carbonyl (C=O) groups is 2. The molecule has 1 fully saturated rings. The van der Waals surface area contributed by atoms with Crippen molar-refractivity contribution in [2.24, 2.45) is 5.41 Å². The van der Waals surface area contributed by atoms with Gasteiger partial charge in [-0.15, -0.1) is 6.58 Å². The monoisotopic (exact) mass is 307 g/mol. The molecule has 0 bridgehead atoms. The average molecular weight is 307 g/mol. The molecule has 1 aliphatic rings. The Morgan fingerprint density at radius 2 is 2.00 bits per heavy atom. The summed E-state index contributed by atoms with van der Waals surface area (Å²) >= 11 is 0. The highest BCUT2D eigenvalue weighted by molar-refractivity contribution is 6.13. The highest BCUT2D eigenvalue weighted by Gasteiger charge is 2.41. The van der Waals surface area contributed by atoms with Gasteiger partial charge in [-0.2, -0.15) is 0 Å². The number of carbonyl (C=O) groups excluding carboxylic acids is 2. The molecule has 0 aromatic heterocycles. The first kappa shape index (κ1) is 15.5. The second kappa shape index (κ2) is 5.99. The Bertz CT molecular complexity index is 775. The van der Waals surface area contributed by atoms with E-state index >= 15 is 0 Å². The van der Waals surface area contributed by atoms with Crippen molar-refractivity contribution in [1.29, 1.82) is 0 Å². The minimum absolute atomic E-state index is 0.0819. The summed E-state index contributed by atoms with van der Waals surface area (Å²) in [6.07, 6.45) is 4.01. The molecule has 0 unspecified atom stereocenters. The Morgan fingerprint density at radius 3 is 2.78 bits per heavy atom. The van der Waals surface area contributed by atoms with Gasteiger partial charge >= 0.3 is 0 Å². The van der Waals surface area contributed by atoms with Crippen molar-refractivity contribution in [3.63, 3.8) is 0 Å². The number of fused-ring (bicyclic) bond motifs is 1. The van der Waals surface area contributed by atoms with E-state index in [2.05, 4.69) is 6.58 Å². The maximum atomic E-state index is 13.0. The molecule has 3 rings (SSSR count). The van der Waals surface area contributed by atoms with E-state index in [1.807, 2.05) is 43.3 Å². The van der Waals surface area contributed by atoms with E-state index in [0.717, 1.165) is 23.6 Å². The van der Waals surface area contributed by atoms with Crippen molar-refractivity contribution >= 4 is 22.6 Å². The lowest BCUT2D eigenvalue weighted by Gasteiger charge is -2.38. The van der Waals surface area contributed by atoms with Crippen molar-refractivity contribution in [2.45, 2.75) is 26.2 Å². The van der Waals surface area contributed by atoms with E-state index < -0.39 is 5.41 Å². The number of likely N-dealkylation sites (tertiary alicyclic amines) is 1. The molecular weight excluding hydrogens is 286 g/mol. The van der Waals surface area contributed by atoms with Crippen molar-refractivity contribution < 1.29 is 9.59 Å². The van der Waals surface area contributed by atoms with Gasteiger partial charge in [-0.1, -0.05) is 49.4 Å². The molecule has 2 aromatic carbocycles. The van der Waals surface area contributed by atoms with E-state index in [4.69, 9.17) is 0 Å². The highest BCUT2D eigenvalue weighted by Crippen LogP contribution is 2.35. The molecule has 0 radical (unpaired) electrons. The lowest BCUT2D eigenvalue weighted by Crippen LogP contribution is -2.49. The zero-order valence-electron chi connectivity index (χ0n) is 13.4. The lowest BCUT2D eigenvalue weighted by atomic mass is 9.78. The van der Waals surface area contributed by atoms with Crippen molar-refractivity contribution in [2.75, 3.05) is 6.54 Å². The molecule has 0 N–H and O–H groups in total. The van der Waals surface area contributed by atoms with Gasteiger partial charge in [0.05, 0.1) is 5.41 Å². The Morgan fingerprint density at radius 1 is 1.26 bits per heavy atom. The number of benzene rings is 2. The molecule has 1 heterocycles. The summed E-state index contributed by atoms with van der Waals surface area (Å²) in [6, 6.07) is 13.4. The van der Waals surface area contributed by atoms with Gasteiger partial charge in [0.15, 0.2) is 0 Å². The van der Waals surface area contributed by atoms with Gasteiger partial charge in [0.1, 0.15) is 0 Å². The third-order valence-electron chi connectivity index (χ3n) is 4.73. The van der Waals surface area contributed by atoms with E-state index in [9.17, 15) is 9.59 Å². The first-order chi connectivity index (χ1) is 11.1. The first-order valence-corrected chi connectivity index (χ1v) is 8.02. The Kier molecular flexibility index (Phi) is 4.03. The van der Waals surface area contributed by atoms with Crippen LogP contribution in [0.15, 0.2) is 55.1 Å². The smallest absolute Gasteiger partial charge is 0.261 e. The number of rotatable bonds is 3. The van der Waals surface area contributed by atoms with Crippen LogP contribution in [0, 0.1) is 5.41 Å². The van der Waals surface area contributed by atoms with Crippen molar-refractivity contribution in [1.82, 2.24) is 4.90 Å². The van der Waals surface area contributed by atoms with Gasteiger partial charge in [0, 0.05) is 12.1 Å². The summed E-state index contributed by atoms with van der Waals surface area (Å²) in [4.78, 5) is 27.3. The second-order valence-electron chi connectivity index (χ2n) is 6.45. The SMILES string of the molecule is C=CC[C@@]1(C)CCCN(C(=O)c2cccc3ccccc23)C1=O. The summed E-state index contributed by atoms with van der Waals surface area (Å²) in [7, 11) is 0. The van der Waals surface area contributed by atoms with Gasteiger partial charge in [0.25, 0.3) is 5.91 Å². The lowest BCUT2D eigenvalue weighted by molar-refractivity contribution is -0.141. The molecule has 2 aromatic rings. The first-order valence-electron chi connectivity index (χ1n) is 8.02. The van der Waals surface area contributed by atoms with Crippen LogP contribution >= 0.6 is 0 Å². The molecule has 2 amide bonds. The molecule has 3 heteroatoms. The third-order valence-corrected chi connectivity index (χ3v) is 4.73. The predicted octanol–water partition coefficient (Wildman–Crippen LogP) is 4.18. The number of hydrogen-bond acceptors (Lipinski definition) is 2. The minimum Gasteiger partial charge on any atom is -0.278 e. The topological polar surface area (TPSA) is 37.4 Å². The molecule has 118 valence electrons. The molecule has 1 saturated heterocycles. The largest absolute Gasteiger partial charge is 0.278 e. The number of allylic oxidation sites excluding steroid dienone is 1. The van der Waals surface area contributed by atoms with Crippen LogP contribution < -0.4 is 0 Å². The van der Waals surface area contributed by atoms with Gasteiger partial charge in [-0.25, -0.2) is 0 Å². The molecule has 0 spiro atoms. The predicted molar refractivity (Wildman–Crippen MR) is 92.1 cm³/mol. The fourth-order valence-electron chi connectivity index (χ4n) is 3.42. The maximum absolute atomic E-state index is 13.0. The van der Waals surface area contributed by atoms with Crippen LogP contribution in [-0.4, -0.2) is 23.3 Å². The average Bonchev–Trinajstić information content (AvgIpc) is 2.57. The zero-order chi connectivity index (χ0) is 16.4. The third kappa shape index (κ3) is 2.67.